The van der Waals surface area contributed by atoms with Crippen LogP contribution >= 0.6 is 11.3 Å². The van der Waals surface area contributed by atoms with Crippen molar-refractivity contribution in [1.29, 1.82) is 0 Å². The van der Waals surface area contributed by atoms with Gasteiger partial charge in [-0.2, -0.15) is 0 Å². The third-order valence-corrected chi connectivity index (χ3v) is 4.62. The van der Waals surface area contributed by atoms with Crippen LogP contribution in [-0.2, 0) is 6.54 Å². The monoisotopic (exact) mass is 319 g/mol. The summed E-state index contributed by atoms with van der Waals surface area (Å²) in [5, 5.41) is 3.35. The number of aromatic amines is 1. The first kappa shape index (κ1) is 15.3. The number of benzene rings is 1. The fraction of sp³-hybridized carbons (Fsp3) is 0.438. The summed E-state index contributed by atoms with van der Waals surface area (Å²) in [4.78, 5) is 18.3. The van der Waals surface area contributed by atoms with Crippen molar-refractivity contribution < 1.29 is 4.74 Å². The zero-order valence-electron chi connectivity index (χ0n) is 12.7. The molecule has 0 unspecified atom stereocenters. The Morgan fingerprint density at radius 3 is 2.64 bits per heavy atom. The number of rotatable bonds is 5. The molecule has 0 bridgehead atoms. The molecule has 1 fully saturated rings. The van der Waals surface area contributed by atoms with Gasteiger partial charge in [-0.15, -0.1) is 0 Å². The molecule has 2 heterocycles. The molecule has 0 saturated carbocycles. The molecule has 1 aliphatic rings. The van der Waals surface area contributed by atoms with Crippen molar-refractivity contribution in [3.05, 3.63) is 38.8 Å². The summed E-state index contributed by atoms with van der Waals surface area (Å²) in [6, 6.07) is 7.90. The molecule has 22 heavy (non-hydrogen) atoms. The van der Waals surface area contributed by atoms with E-state index < -0.39 is 0 Å². The summed E-state index contributed by atoms with van der Waals surface area (Å²) in [7, 11) is 0. The second kappa shape index (κ2) is 7.09. The number of nitrogens with one attached hydrogen (secondary N) is 2. The van der Waals surface area contributed by atoms with Crippen molar-refractivity contribution in [3.63, 3.8) is 0 Å². The highest BCUT2D eigenvalue weighted by Crippen LogP contribution is 2.26. The molecule has 2 aromatic rings. The standard InChI is InChI=1S/C16H21N3O2S/c1-2-21-13-5-3-12(4-6-13)15-14(22-16(20)18-15)11-19-9-7-17-8-10-19/h3-6,17H,2,7-11H2,1H3,(H,18,20). The van der Waals surface area contributed by atoms with Crippen LogP contribution in [0.3, 0.4) is 0 Å². The molecule has 1 aromatic carbocycles. The van der Waals surface area contributed by atoms with Crippen molar-refractivity contribution in [3.8, 4) is 17.0 Å². The topological polar surface area (TPSA) is 57.4 Å². The van der Waals surface area contributed by atoms with Crippen molar-refractivity contribution in [2.75, 3.05) is 32.8 Å². The number of piperazine rings is 1. The first-order chi connectivity index (χ1) is 10.8. The first-order valence-corrected chi connectivity index (χ1v) is 8.46. The molecule has 1 saturated heterocycles. The number of hydrogen-bond acceptors (Lipinski definition) is 5. The predicted molar refractivity (Wildman–Crippen MR) is 89.7 cm³/mol. The smallest absolute Gasteiger partial charge is 0.305 e. The highest BCUT2D eigenvalue weighted by molar-refractivity contribution is 7.09. The molecule has 0 aliphatic carbocycles. The van der Waals surface area contributed by atoms with E-state index in [-0.39, 0.29) is 4.87 Å². The maximum absolute atomic E-state index is 11.8. The Morgan fingerprint density at radius 2 is 1.95 bits per heavy atom. The Morgan fingerprint density at radius 1 is 1.23 bits per heavy atom. The highest BCUT2D eigenvalue weighted by Gasteiger charge is 2.16. The van der Waals surface area contributed by atoms with E-state index in [4.69, 9.17) is 4.74 Å². The molecule has 5 nitrogen and oxygen atoms in total. The van der Waals surface area contributed by atoms with Gasteiger partial charge in [0.1, 0.15) is 5.75 Å². The molecule has 0 radical (unpaired) electrons. The lowest BCUT2D eigenvalue weighted by Crippen LogP contribution is -2.42. The van der Waals surface area contributed by atoms with Gasteiger partial charge in [-0.25, -0.2) is 0 Å². The van der Waals surface area contributed by atoms with E-state index in [2.05, 4.69) is 15.2 Å². The van der Waals surface area contributed by atoms with E-state index in [0.29, 0.717) is 6.61 Å². The maximum Gasteiger partial charge on any atom is 0.305 e. The molecule has 1 aromatic heterocycles. The van der Waals surface area contributed by atoms with Gasteiger partial charge in [0.2, 0.25) is 0 Å². The minimum absolute atomic E-state index is 0.00835. The van der Waals surface area contributed by atoms with E-state index >= 15 is 0 Å². The van der Waals surface area contributed by atoms with Crippen molar-refractivity contribution in [2.24, 2.45) is 0 Å². The normalized spacial score (nSPS) is 15.9. The van der Waals surface area contributed by atoms with E-state index in [0.717, 1.165) is 54.6 Å². The molecule has 0 spiro atoms. The van der Waals surface area contributed by atoms with Gasteiger partial charge in [0.25, 0.3) is 0 Å². The number of thiazole rings is 1. The first-order valence-electron chi connectivity index (χ1n) is 7.64. The van der Waals surface area contributed by atoms with Crippen LogP contribution in [0.4, 0.5) is 0 Å². The van der Waals surface area contributed by atoms with E-state index in [1.165, 1.54) is 11.3 Å². The van der Waals surface area contributed by atoms with Gasteiger partial charge in [-0.05, 0) is 36.8 Å². The van der Waals surface area contributed by atoms with Crippen LogP contribution in [0, 0.1) is 0 Å². The fourth-order valence-electron chi connectivity index (χ4n) is 2.66. The lowest BCUT2D eigenvalue weighted by atomic mass is 10.1. The lowest BCUT2D eigenvalue weighted by Gasteiger charge is -2.26. The Hall–Kier alpha value is -1.63. The van der Waals surface area contributed by atoms with Gasteiger partial charge >= 0.3 is 4.87 Å². The largest absolute Gasteiger partial charge is 0.494 e. The molecule has 3 rings (SSSR count). The van der Waals surface area contributed by atoms with E-state index in [1.807, 2.05) is 31.2 Å². The zero-order chi connectivity index (χ0) is 15.4. The van der Waals surface area contributed by atoms with Crippen LogP contribution in [0.1, 0.15) is 11.8 Å². The molecule has 0 amide bonds. The van der Waals surface area contributed by atoms with Gasteiger partial charge in [-0.3, -0.25) is 9.69 Å². The quantitative estimate of drug-likeness (QED) is 0.884. The van der Waals surface area contributed by atoms with E-state index in [1.54, 1.807) is 0 Å². The summed E-state index contributed by atoms with van der Waals surface area (Å²) in [5.41, 5.74) is 1.98. The number of ether oxygens (including phenoxy) is 1. The summed E-state index contributed by atoms with van der Waals surface area (Å²) < 4.78 is 5.47. The van der Waals surface area contributed by atoms with Gasteiger partial charge in [0.15, 0.2) is 0 Å². The average Bonchev–Trinajstić information content (AvgIpc) is 2.90. The SMILES string of the molecule is CCOc1ccc(-c2[nH]c(=O)sc2CN2CCNCC2)cc1. The third-order valence-electron chi connectivity index (χ3n) is 3.75. The van der Waals surface area contributed by atoms with Crippen molar-refractivity contribution in [1.82, 2.24) is 15.2 Å². The Kier molecular flexibility index (Phi) is 4.92. The number of H-pyrrole nitrogens is 1. The van der Waals surface area contributed by atoms with Crippen molar-refractivity contribution >= 4 is 11.3 Å². The molecule has 118 valence electrons. The third kappa shape index (κ3) is 3.58. The Bertz CT molecular complexity index is 657. The Balaban J connectivity index is 1.82. The Labute approximate surface area is 133 Å². The number of aromatic nitrogens is 1. The molecule has 2 N–H and O–H groups in total. The summed E-state index contributed by atoms with van der Waals surface area (Å²) >= 11 is 1.31. The van der Waals surface area contributed by atoms with Gasteiger partial charge in [0, 0.05) is 37.6 Å². The molecule has 0 atom stereocenters. The van der Waals surface area contributed by atoms with Crippen LogP contribution in [-0.4, -0.2) is 42.7 Å². The molecular weight excluding hydrogens is 298 g/mol. The van der Waals surface area contributed by atoms with Crippen LogP contribution < -0.4 is 14.9 Å². The van der Waals surface area contributed by atoms with Crippen LogP contribution in [0.15, 0.2) is 29.1 Å². The molecule has 1 aliphatic heterocycles. The summed E-state index contributed by atoms with van der Waals surface area (Å²) in [6.45, 7) is 7.52. The zero-order valence-corrected chi connectivity index (χ0v) is 13.5. The summed E-state index contributed by atoms with van der Waals surface area (Å²) in [6.07, 6.45) is 0. The predicted octanol–water partition coefficient (Wildman–Crippen LogP) is 1.91. The van der Waals surface area contributed by atoms with Crippen LogP contribution in [0.25, 0.3) is 11.3 Å². The van der Waals surface area contributed by atoms with Gasteiger partial charge in [-0.1, -0.05) is 11.3 Å². The number of hydrogen-bond donors (Lipinski definition) is 2. The maximum atomic E-state index is 11.8. The average molecular weight is 319 g/mol. The molecular formula is C16H21N3O2S. The van der Waals surface area contributed by atoms with Gasteiger partial charge in [0.05, 0.1) is 12.3 Å². The number of nitrogens with zero attached hydrogens (tertiary/aromatic N) is 1. The molecule has 6 heteroatoms. The van der Waals surface area contributed by atoms with E-state index in [9.17, 15) is 4.79 Å². The van der Waals surface area contributed by atoms with Crippen LogP contribution in [0.2, 0.25) is 0 Å². The highest BCUT2D eigenvalue weighted by atomic mass is 32.1. The minimum Gasteiger partial charge on any atom is -0.494 e. The summed E-state index contributed by atoms with van der Waals surface area (Å²) in [5.74, 6) is 0.854. The van der Waals surface area contributed by atoms with Crippen molar-refractivity contribution in [2.45, 2.75) is 13.5 Å². The lowest BCUT2D eigenvalue weighted by molar-refractivity contribution is 0.235. The fourth-order valence-corrected chi connectivity index (χ4v) is 3.56. The second-order valence-electron chi connectivity index (χ2n) is 5.30. The van der Waals surface area contributed by atoms with Crippen LogP contribution in [0.5, 0.6) is 5.75 Å². The van der Waals surface area contributed by atoms with Gasteiger partial charge < -0.3 is 15.0 Å². The second-order valence-corrected chi connectivity index (χ2v) is 6.36. The minimum atomic E-state index is 0.00835.